The van der Waals surface area contributed by atoms with Gasteiger partial charge in [0, 0.05) is 0 Å². The predicted octanol–water partition coefficient (Wildman–Crippen LogP) is 0.119. The summed E-state index contributed by atoms with van der Waals surface area (Å²) in [4.78, 5) is 18.1. The highest BCUT2D eigenvalue weighted by atomic mass is 19.1. The Labute approximate surface area is 133 Å². The van der Waals surface area contributed by atoms with Crippen molar-refractivity contribution in [3.63, 3.8) is 0 Å². The predicted molar refractivity (Wildman–Crippen MR) is 76.1 cm³/mol. The third kappa shape index (κ3) is 2.19. The van der Waals surface area contributed by atoms with Gasteiger partial charge in [-0.2, -0.15) is 0 Å². The highest BCUT2D eigenvalue weighted by molar-refractivity contribution is 5.95. The molecule has 0 amide bonds. The van der Waals surface area contributed by atoms with Crippen LogP contribution in [0.15, 0.2) is 12.5 Å². The molecule has 0 saturated carbocycles. The van der Waals surface area contributed by atoms with Crippen molar-refractivity contribution < 1.29 is 29.5 Å². The highest BCUT2D eigenvalue weighted by Crippen LogP contribution is 2.44. The number of aliphatic hydroxyl groups excluding tert-OH is 2. The molecule has 4 N–H and O–H groups in total. The molecular weight excluding hydrogens is 329 g/mol. The van der Waals surface area contributed by atoms with Gasteiger partial charge in [-0.05, 0) is 6.92 Å². The number of alkyl halides is 1. The zero-order valence-electron chi connectivity index (χ0n) is 12.3. The molecular formula is C12H14FN5O6. The molecule has 2 aromatic rings. The summed E-state index contributed by atoms with van der Waals surface area (Å²) in [5.74, 6) is -0.233. The van der Waals surface area contributed by atoms with Crippen LogP contribution in [0.5, 0.6) is 0 Å². The van der Waals surface area contributed by atoms with Crippen molar-refractivity contribution in [2.24, 2.45) is 0 Å². The second-order valence-electron chi connectivity index (χ2n) is 5.52. The van der Waals surface area contributed by atoms with Crippen molar-refractivity contribution >= 4 is 22.5 Å². The molecule has 0 aromatic carbocycles. The van der Waals surface area contributed by atoms with Crippen molar-refractivity contribution in [1.82, 2.24) is 14.5 Å². The molecule has 1 aliphatic heterocycles. The van der Waals surface area contributed by atoms with E-state index in [1.807, 2.05) is 0 Å². The van der Waals surface area contributed by atoms with Crippen LogP contribution in [0.2, 0.25) is 0 Å². The number of nitrogens with zero attached hydrogens (tertiary/aromatic N) is 4. The number of aliphatic hydroxyl groups is 2. The van der Waals surface area contributed by atoms with E-state index in [0.29, 0.717) is 0 Å². The molecule has 1 fully saturated rings. The van der Waals surface area contributed by atoms with Crippen LogP contribution < -0.4 is 5.48 Å². The number of aromatic nitrogens is 3. The van der Waals surface area contributed by atoms with Gasteiger partial charge in [0.2, 0.25) is 0 Å². The number of rotatable bonds is 4. The lowest BCUT2D eigenvalue weighted by atomic mass is 9.98. The number of ether oxygens (including phenoxy) is 1. The van der Waals surface area contributed by atoms with Crippen LogP contribution >= 0.6 is 0 Å². The Kier molecular flexibility index (Phi) is 3.83. The molecule has 0 bridgehead atoms. The number of halogens is 1. The first-order chi connectivity index (χ1) is 11.3. The standard InChI is InChI=1S/C12H14FN5O6/c1-12(13)8(20)6(3-19)24-11(12)17-2-5(18(22)23)7-9(16-21)14-4-15-10(7)17/h2,4,6,8,11,19-21H,3H2,1H3,(H,14,15,16)/t6?,8?,11-,12-/m1/s1. The number of hydrogen-bond acceptors (Lipinski definition) is 9. The van der Waals surface area contributed by atoms with Crippen LogP contribution in [-0.4, -0.2) is 59.4 Å². The average Bonchev–Trinajstić information content (AvgIpc) is 3.04. The molecule has 2 aromatic heterocycles. The van der Waals surface area contributed by atoms with Crippen LogP contribution in [0.4, 0.5) is 15.9 Å². The number of nitrogens with one attached hydrogen (secondary N) is 1. The molecule has 11 nitrogen and oxygen atoms in total. The Morgan fingerprint density at radius 1 is 1.58 bits per heavy atom. The lowest BCUT2D eigenvalue weighted by molar-refractivity contribution is -0.383. The third-order valence-corrected chi connectivity index (χ3v) is 4.04. The second kappa shape index (κ2) is 5.59. The van der Waals surface area contributed by atoms with E-state index in [1.165, 1.54) is 0 Å². The number of anilines is 1. The van der Waals surface area contributed by atoms with Crippen molar-refractivity contribution in [3.05, 3.63) is 22.6 Å². The zero-order valence-corrected chi connectivity index (χ0v) is 12.3. The first-order valence-corrected chi connectivity index (χ1v) is 6.86. The Morgan fingerprint density at radius 2 is 2.29 bits per heavy atom. The van der Waals surface area contributed by atoms with E-state index in [0.717, 1.165) is 24.0 Å². The third-order valence-electron chi connectivity index (χ3n) is 4.04. The van der Waals surface area contributed by atoms with E-state index < -0.39 is 41.3 Å². The largest absolute Gasteiger partial charge is 0.394 e. The van der Waals surface area contributed by atoms with Gasteiger partial charge in [-0.25, -0.2) is 14.4 Å². The van der Waals surface area contributed by atoms with Crippen molar-refractivity contribution in [3.8, 4) is 0 Å². The summed E-state index contributed by atoms with van der Waals surface area (Å²) in [6.45, 7) is 0.430. The quantitative estimate of drug-likeness (QED) is 0.447. The fourth-order valence-electron chi connectivity index (χ4n) is 2.83. The molecule has 0 spiro atoms. The number of hydrogen-bond donors (Lipinski definition) is 4. The van der Waals surface area contributed by atoms with Gasteiger partial charge in [0.25, 0.3) is 5.69 Å². The number of fused-ring (bicyclic) bond motifs is 1. The van der Waals surface area contributed by atoms with Gasteiger partial charge in [0.05, 0.1) is 17.7 Å². The fraction of sp³-hybridized carbons (Fsp3) is 0.500. The maximum Gasteiger partial charge on any atom is 0.300 e. The molecule has 2 unspecified atom stereocenters. The van der Waals surface area contributed by atoms with Gasteiger partial charge in [0.15, 0.2) is 23.4 Å². The minimum Gasteiger partial charge on any atom is -0.394 e. The van der Waals surface area contributed by atoms with Crippen LogP contribution in [0.1, 0.15) is 13.2 Å². The summed E-state index contributed by atoms with van der Waals surface area (Å²) in [7, 11) is 0. The Hall–Kier alpha value is -2.41. The Balaban J connectivity index is 2.23. The monoisotopic (exact) mass is 343 g/mol. The van der Waals surface area contributed by atoms with Crippen molar-refractivity contribution in [1.29, 1.82) is 0 Å². The van der Waals surface area contributed by atoms with Gasteiger partial charge >= 0.3 is 0 Å². The molecule has 130 valence electrons. The van der Waals surface area contributed by atoms with Gasteiger partial charge < -0.3 is 14.9 Å². The minimum absolute atomic E-state index is 0.0760. The van der Waals surface area contributed by atoms with Gasteiger partial charge in [-0.1, -0.05) is 0 Å². The normalized spacial score (nSPS) is 30.0. The van der Waals surface area contributed by atoms with Crippen LogP contribution in [0.3, 0.4) is 0 Å². The van der Waals surface area contributed by atoms with Crippen LogP contribution in [0.25, 0.3) is 11.0 Å². The van der Waals surface area contributed by atoms with E-state index in [-0.39, 0.29) is 16.9 Å². The van der Waals surface area contributed by atoms with E-state index in [1.54, 1.807) is 5.48 Å². The molecule has 4 atom stereocenters. The molecule has 3 heterocycles. The molecule has 12 heteroatoms. The maximum absolute atomic E-state index is 14.9. The van der Waals surface area contributed by atoms with E-state index in [2.05, 4.69) is 9.97 Å². The minimum atomic E-state index is -2.34. The molecule has 0 aliphatic carbocycles. The molecule has 1 saturated heterocycles. The fourth-order valence-corrected chi connectivity index (χ4v) is 2.83. The topological polar surface area (TPSA) is 156 Å². The van der Waals surface area contributed by atoms with Gasteiger partial charge in [-0.15, -0.1) is 0 Å². The van der Waals surface area contributed by atoms with Crippen LogP contribution in [0, 0.1) is 10.1 Å². The van der Waals surface area contributed by atoms with Crippen molar-refractivity contribution in [2.75, 3.05) is 12.1 Å². The van der Waals surface area contributed by atoms with Crippen LogP contribution in [-0.2, 0) is 4.74 Å². The Morgan fingerprint density at radius 3 is 2.83 bits per heavy atom. The van der Waals surface area contributed by atoms with E-state index in [9.17, 15) is 24.7 Å². The summed E-state index contributed by atoms with van der Waals surface area (Å²) in [6, 6.07) is 0. The average molecular weight is 343 g/mol. The van der Waals surface area contributed by atoms with Gasteiger partial charge in [0.1, 0.15) is 23.9 Å². The summed E-state index contributed by atoms with van der Waals surface area (Å²) < 4.78 is 21.3. The summed E-state index contributed by atoms with van der Waals surface area (Å²) in [6.07, 6.45) is -2.30. The zero-order chi connectivity index (χ0) is 17.6. The van der Waals surface area contributed by atoms with Gasteiger partial charge in [-0.3, -0.25) is 25.4 Å². The smallest absolute Gasteiger partial charge is 0.300 e. The summed E-state index contributed by atoms with van der Waals surface area (Å²) >= 11 is 0. The summed E-state index contributed by atoms with van der Waals surface area (Å²) in [5, 5.41) is 39.3. The lowest BCUT2D eigenvalue weighted by Crippen LogP contribution is -2.40. The van der Waals surface area contributed by atoms with E-state index >= 15 is 0 Å². The molecule has 3 rings (SSSR count). The Bertz CT molecular complexity index is 796. The lowest BCUT2D eigenvalue weighted by Gasteiger charge is -2.24. The van der Waals surface area contributed by atoms with Crippen molar-refractivity contribution in [2.45, 2.75) is 31.0 Å². The molecule has 0 radical (unpaired) electrons. The number of nitro groups is 1. The second-order valence-corrected chi connectivity index (χ2v) is 5.52. The first-order valence-electron chi connectivity index (χ1n) is 6.86. The SMILES string of the molecule is C[C@@]1(F)C(O)C(CO)O[C@H]1n1cc([N+](=O)[O-])c2c(NO)ncnc21. The first kappa shape index (κ1) is 16.4. The highest BCUT2D eigenvalue weighted by Gasteiger charge is 2.55. The van der Waals surface area contributed by atoms with E-state index in [4.69, 9.17) is 9.94 Å². The maximum atomic E-state index is 14.9. The molecule has 1 aliphatic rings. The summed E-state index contributed by atoms with van der Waals surface area (Å²) in [5.41, 5.74) is -1.18. The molecule has 24 heavy (non-hydrogen) atoms.